The zero-order valence-electron chi connectivity index (χ0n) is 10.9. The van der Waals surface area contributed by atoms with Crippen LogP contribution in [0.1, 0.15) is 26.3 Å². The van der Waals surface area contributed by atoms with Crippen LogP contribution >= 0.6 is 0 Å². The van der Waals surface area contributed by atoms with Gasteiger partial charge in [0, 0.05) is 5.56 Å². The van der Waals surface area contributed by atoms with Crippen LogP contribution in [0.2, 0.25) is 0 Å². The lowest BCUT2D eigenvalue weighted by molar-refractivity contribution is -0.157. The number of nitrogens with two attached hydrogens (primary N) is 1. The van der Waals surface area contributed by atoms with E-state index in [1.54, 1.807) is 26.8 Å². The van der Waals surface area contributed by atoms with Gasteiger partial charge in [-0.1, -0.05) is 18.2 Å². The van der Waals surface area contributed by atoms with Gasteiger partial charge in [-0.2, -0.15) is 0 Å². The summed E-state index contributed by atoms with van der Waals surface area (Å²) in [6.45, 7) is 5.51. The average molecular weight is 253 g/mol. The predicted molar refractivity (Wildman–Crippen MR) is 66.8 cm³/mol. The molecule has 0 saturated heterocycles. The van der Waals surface area contributed by atoms with Gasteiger partial charge < -0.3 is 9.47 Å². The second-order valence-electron chi connectivity index (χ2n) is 4.79. The molecular formula is C13H19NO4. The Morgan fingerprint density at radius 2 is 1.94 bits per heavy atom. The Morgan fingerprint density at radius 1 is 1.28 bits per heavy atom. The van der Waals surface area contributed by atoms with Crippen molar-refractivity contribution in [1.29, 1.82) is 0 Å². The maximum absolute atomic E-state index is 11.5. The molecule has 0 bridgehead atoms. The van der Waals surface area contributed by atoms with E-state index in [2.05, 4.69) is 4.84 Å². The lowest BCUT2D eigenvalue weighted by atomic mass is 10.2. The SMILES string of the molecule is CC(C)(C)OC(=O)COc1ccccc1CON. The molecule has 5 heteroatoms. The first kappa shape index (κ1) is 14.5. The number of carbonyl (C=O) groups is 1. The Hall–Kier alpha value is -1.59. The molecule has 5 nitrogen and oxygen atoms in total. The van der Waals surface area contributed by atoms with E-state index in [1.807, 2.05) is 18.2 Å². The number of ether oxygens (including phenoxy) is 2. The second-order valence-corrected chi connectivity index (χ2v) is 4.79. The molecule has 2 N–H and O–H groups in total. The van der Waals surface area contributed by atoms with Gasteiger partial charge in [0.1, 0.15) is 11.4 Å². The Morgan fingerprint density at radius 3 is 2.56 bits per heavy atom. The number of hydrogen-bond acceptors (Lipinski definition) is 5. The molecule has 0 atom stereocenters. The first-order chi connectivity index (χ1) is 8.42. The van der Waals surface area contributed by atoms with Crippen LogP contribution in [-0.4, -0.2) is 18.2 Å². The van der Waals surface area contributed by atoms with Crippen LogP contribution < -0.4 is 10.6 Å². The summed E-state index contributed by atoms with van der Waals surface area (Å²) in [5.41, 5.74) is 0.268. The fourth-order valence-corrected chi connectivity index (χ4v) is 1.36. The highest BCUT2D eigenvalue weighted by Crippen LogP contribution is 2.18. The van der Waals surface area contributed by atoms with E-state index in [9.17, 15) is 4.79 Å². The number of hydrogen-bond donors (Lipinski definition) is 1. The van der Waals surface area contributed by atoms with Crippen LogP contribution in [0, 0.1) is 0 Å². The third kappa shape index (κ3) is 5.16. The van der Waals surface area contributed by atoms with Gasteiger partial charge in [-0.25, -0.2) is 10.7 Å². The number of rotatable bonds is 5. The molecular weight excluding hydrogens is 234 g/mol. The molecule has 18 heavy (non-hydrogen) atoms. The molecule has 0 heterocycles. The molecule has 0 fully saturated rings. The Kier molecular flexibility index (Phi) is 5.12. The minimum atomic E-state index is -0.514. The maximum Gasteiger partial charge on any atom is 0.344 e. The standard InChI is InChI=1S/C13H19NO4/c1-13(2,3)18-12(15)9-16-11-7-5-4-6-10(11)8-17-14/h4-7H,8-9,14H2,1-3H3. The first-order valence-corrected chi connectivity index (χ1v) is 5.66. The maximum atomic E-state index is 11.5. The fraction of sp³-hybridized carbons (Fsp3) is 0.462. The molecule has 1 aromatic rings. The van der Waals surface area contributed by atoms with Crippen LogP contribution in [0.4, 0.5) is 0 Å². The zero-order valence-corrected chi connectivity index (χ0v) is 10.9. The molecule has 0 unspecified atom stereocenters. The van der Waals surface area contributed by atoms with Crippen molar-refractivity contribution in [3.05, 3.63) is 29.8 Å². The van der Waals surface area contributed by atoms with Crippen molar-refractivity contribution >= 4 is 5.97 Å². The molecule has 0 aliphatic carbocycles. The Balaban J connectivity index is 2.55. The highest BCUT2D eigenvalue weighted by Gasteiger charge is 2.17. The molecule has 0 radical (unpaired) electrons. The summed E-state index contributed by atoms with van der Waals surface area (Å²) >= 11 is 0. The van der Waals surface area contributed by atoms with Crippen molar-refractivity contribution in [2.45, 2.75) is 33.0 Å². The number of esters is 1. The monoisotopic (exact) mass is 253 g/mol. The molecule has 1 rings (SSSR count). The molecule has 0 spiro atoms. The van der Waals surface area contributed by atoms with Gasteiger partial charge in [-0.05, 0) is 26.8 Å². The summed E-state index contributed by atoms with van der Waals surface area (Å²) in [5, 5.41) is 0. The van der Waals surface area contributed by atoms with Gasteiger partial charge >= 0.3 is 5.97 Å². The van der Waals surface area contributed by atoms with Crippen LogP contribution in [0.3, 0.4) is 0 Å². The third-order valence-electron chi connectivity index (χ3n) is 1.98. The van der Waals surface area contributed by atoms with E-state index in [1.165, 1.54) is 0 Å². The summed E-state index contributed by atoms with van der Waals surface area (Å²) < 4.78 is 10.5. The quantitative estimate of drug-likeness (QED) is 0.640. The third-order valence-corrected chi connectivity index (χ3v) is 1.98. The smallest absolute Gasteiger partial charge is 0.344 e. The number of benzene rings is 1. The van der Waals surface area contributed by atoms with Crippen LogP contribution in [-0.2, 0) is 21.0 Å². The molecule has 1 aromatic carbocycles. The minimum absolute atomic E-state index is 0.140. The fourth-order valence-electron chi connectivity index (χ4n) is 1.36. The summed E-state index contributed by atoms with van der Waals surface area (Å²) in [4.78, 5) is 16.1. The van der Waals surface area contributed by atoms with Crippen molar-refractivity contribution in [1.82, 2.24) is 0 Å². The molecule has 0 aromatic heterocycles. The van der Waals surface area contributed by atoms with Crippen molar-refractivity contribution < 1.29 is 19.1 Å². The molecule has 100 valence electrons. The predicted octanol–water partition coefficient (Wildman–Crippen LogP) is 1.80. The van der Waals surface area contributed by atoms with E-state index in [0.29, 0.717) is 5.75 Å². The van der Waals surface area contributed by atoms with E-state index in [-0.39, 0.29) is 13.2 Å². The van der Waals surface area contributed by atoms with Crippen molar-refractivity contribution in [2.24, 2.45) is 5.90 Å². The van der Waals surface area contributed by atoms with Gasteiger partial charge in [0.15, 0.2) is 6.61 Å². The zero-order chi connectivity index (χ0) is 13.6. The Bertz CT molecular complexity index is 398. The average Bonchev–Trinajstić information content (AvgIpc) is 2.26. The van der Waals surface area contributed by atoms with Crippen LogP contribution in [0.15, 0.2) is 24.3 Å². The summed E-state index contributed by atoms with van der Waals surface area (Å²) in [5.74, 6) is 5.17. The highest BCUT2D eigenvalue weighted by atomic mass is 16.6. The van der Waals surface area contributed by atoms with Crippen molar-refractivity contribution in [3.8, 4) is 5.75 Å². The van der Waals surface area contributed by atoms with Crippen molar-refractivity contribution in [3.63, 3.8) is 0 Å². The van der Waals surface area contributed by atoms with Gasteiger partial charge in [-0.15, -0.1) is 0 Å². The van der Waals surface area contributed by atoms with Crippen LogP contribution in [0.5, 0.6) is 5.75 Å². The molecule has 0 saturated carbocycles. The molecule has 0 aliphatic heterocycles. The van der Waals surface area contributed by atoms with Gasteiger partial charge in [0.25, 0.3) is 0 Å². The van der Waals surface area contributed by atoms with Crippen LogP contribution in [0.25, 0.3) is 0 Å². The highest BCUT2D eigenvalue weighted by molar-refractivity contribution is 5.71. The summed E-state index contributed by atoms with van der Waals surface area (Å²) in [6.07, 6.45) is 0. The molecule has 0 aliphatic rings. The topological polar surface area (TPSA) is 70.8 Å². The first-order valence-electron chi connectivity index (χ1n) is 5.66. The second kappa shape index (κ2) is 6.37. The lowest BCUT2D eigenvalue weighted by Gasteiger charge is -2.19. The Labute approximate surface area is 107 Å². The van der Waals surface area contributed by atoms with Gasteiger partial charge in [-0.3, -0.25) is 4.84 Å². The summed E-state index contributed by atoms with van der Waals surface area (Å²) in [6, 6.07) is 7.22. The molecule has 0 amide bonds. The summed E-state index contributed by atoms with van der Waals surface area (Å²) in [7, 11) is 0. The largest absolute Gasteiger partial charge is 0.482 e. The van der Waals surface area contributed by atoms with E-state index < -0.39 is 11.6 Å². The minimum Gasteiger partial charge on any atom is -0.482 e. The number of para-hydroxylation sites is 1. The van der Waals surface area contributed by atoms with E-state index >= 15 is 0 Å². The van der Waals surface area contributed by atoms with E-state index in [0.717, 1.165) is 5.56 Å². The van der Waals surface area contributed by atoms with Crippen molar-refractivity contribution in [2.75, 3.05) is 6.61 Å². The van der Waals surface area contributed by atoms with Gasteiger partial charge in [0.2, 0.25) is 0 Å². The normalized spacial score (nSPS) is 11.1. The lowest BCUT2D eigenvalue weighted by Crippen LogP contribution is -2.27. The number of carbonyl (C=O) groups excluding carboxylic acids is 1. The van der Waals surface area contributed by atoms with Gasteiger partial charge in [0.05, 0.1) is 6.61 Å². The van der Waals surface area contributed by atoms with E-state index in [4.69, 9.17) is 15.4 Å².